The van der Waals surface area contributed by atoms with Crippen molar-refractivity contribution in [3.05, 3.63) is 71.1 Å². The van der Waals surface area contributed by atoms with Gasteiger partial charge in [0, 0.05) is 12.0 Å². The fourth-order valence-corrected chi connectivity index (χ4v) is 4.65. The summed E-state index contributed by atoms with van der Waals surface area (Å²) in [5.41, 5.74) is 1.08. The number of ether oxygens (including phenoxy) is 1. The quantitative estimate of drug-likeness (QED) is 0.387. The number of oxazole rings is 1. The highest BCUT2D eigenvalue weighted by atomic mass is 32.2. The van der Waals surface area contributed by atoms with Crippen LogP contribution >= 0.6 is 11.8 Å². The molecule has 0 aliphatic carbocycles. The number of amides is 2. The zero-order valence-corrected chi connectivity index (χ0v) is 19.7. The SMILES string of the molecule is Cc1oc(-c2ccccc2)nc1CCOc1ccc(CCCC2SC(=O)NC2=O)cc1C(F)(F)F. The molecule has 1 aromatic heterocycles. The molecule has 1 aliphatic rings. The van der Waals surface area contributed by atoms with E-state index >= 15 is 0 Å². The monoisotopic (exact) mass is 504 g/mol. The molecule has 1 N–H and O–H groups in total. The predicted octanol–water partition coefficient (Wildman–Crippen LogP) is 5.96. The Morgan fingerprint density at radius 3 is 2.57 bits per heavy atom. The van der Waals surface area contributed by atoms with Crippen LogP contribution in [-0.4, -0.2) is 28.0 Å². The van der Waals surface area contributed by atoms with Crippen molar-refractivity contribution in [3.8, 4) is 17.2 Å². The van der Waals surface area contributed by atoms with Gasteiger partial charge >= 0.3 is 6.18 Å². The van der Waals surface area contributed by atoms with E-state index in [0.717, 1.165) is 23.4 Å². The Labute approximate surface area is 204 Å². The molecule has 0 saturated carbocycles. The standard InChI is InChI=1S/C25H23F3N2O4S/c1-15-19(29-23(34-15)17-7-3-2-4-8-17)12-13-33-20-11-10-16(14-18(20)25(26,27)28)6-5-9-21-22(31)30-24(32)35-21/h2-4,7-8,10-11,14,21H,5-6,9,12-13H2,1H3,(H,30,31,32). The first-order chi connectivity index (χ1) is 16.7. The Kier molecular flexibility index (Phi) is 7.49. The number of imide groups is 1. The average Bonchev–Trinajstić information content (AvgIpc) is 3.35. The molecule has 1 saturated heterocycles. The van der Waals surface area contributed by atoms with Gasteiger partial charge in [-0.2, -0.15) is 13.2 Å². The van der Waals surface area contributed by atoms with E-state index < -0.39 is 22.2 Å². The average molecular weight is 505 g/mol. The van der Waals surface area contributed by atoms with E-state index in [2.05, 4.69) is 10.3 Å². The first-order valence-corrected chi connectivity index (χ1v) is 11.9. The lowest BCUT2D eigenvalue weighted by Gasteiger charge is -2.15. The molecule has 184 valence electrons. The molecule has 0 bridgehead atoms. The lowest BCUT2D eigenvalue weighted by atomic mass is 10.0. The van der Waals surface area contributed by atoms with Crippen LogP contribution in [0.2, 0.25) is 0 Å². The van der Waals surface area contributed by atoms with Crippen molar-refractivity contribution in [2.24, 2.45) is 0 Å². The number of carbonyl (C=O) groups is 2. The predicted molar refractivity (Wildman–Crippen MR) is 125 cm³/mol. The Hall–Kier alpha value is -3.27. The second-order valence-corrected chi connectivity index (χ2v) is 9.27. The maximum absolute atomic E-state index is 13.7. The van der Waals surface area contributed by atoms with Gasteiger partial charge in [0.2, 0.25) is 11.8 Å². The van der Waals surface area contributed by atoms with Crippen LogP contribution < -0.4 is 10.1 Å². The van der Waals surface area contributed by atoms with Crippen molar-refractivity contribution in [2.45, 2.75) is 44.0 Å². The topological polar surface area (TPSA) is 81.4 Å². The first kappa shape index (κ1) is 24.8. The highest BCUT2D eigenvalue weighted by molar-refractivity contribution is 8.15. The summed E-state index contributed by atoms with van der Waals surface area (Å²) in [4.78, 5) is 27.3. The van der Waals surface area contributed by atoms with Crippen LogP contribution in [0.5, 0.6) is 5.75 Å². The zero-order chi connectivity index (χ0) is 25.0. The van der Waals surface area contributed by atoms with Gasteiger partial charge in [-0.25, -0.2) is 4.98 Å². The summed E-state index contributed by atoms with van der Waals surface area (Å²) in [5.74, 6) is 0.450. The number of hydrogen-bond acceptors (Lipinski definition) is 6. The maximum Gasteiger partial charge on any atom is 0.419 e. The van der Waals surface area contributed by atoms with Crippen LogP contribution in [0.1, 0.15) is 35.4 Å². The second-order valence-electron chi connectivity index (χ2n) is 8.09. The van der Waals surface area contributed by atoms with Gasteiger partial charge in [0.1, 0.15) is 11.5 Å². The summed E-state index contributed by atoms with van der Waals surface area (Å²) < 4.78 is 52.3. The third-order valence-corrected chi connectivity index (χ3v) is 6.61. The highest BCUT2D eigenvalue weighted by Crippen LogP contribution is 2.37. The Morgan fingerprint density at radius 2 is 1.89 bits per heavy atom. The third kappa shape index (κ3) is 6.25. The summed E-state index contributed by atoms with van der Waals surface area (Å²) >= 11 is 0.916. The largest absolute Gasteiger partial charge is 0.493 e. The van der Waals surface area contributed by atoms with Crippen molar-refractivity contribution in [2.75, 3.05) is 6.61 Å². The van der Waals surface area contributed by atoms with Crippen molar-refractivity contribution in [3.63, 3.8) is 0 Å². The number of halogens is 3. The molecular formula is C25H23F3N2O4S. The van der Waals surface area contributed by atoms with Crippen LogP contribution in [0, 0.1) is 6.92 Å². The molecule has 0 spiro atoms. The summed E-state index contributed by atoms with van der Waals surface area (Å²) in [6.45, 7) is 1.76. The number of nitrogens with one attached hydrogen (secondary N) is 1. The van der Waals surface area contributed by atoms with Gasteiger partial charge in [0.05, 0.1) is 23.1 Å². The summed E-state index contributed by atoms with van der Waals surface area (Å²) in [5, 5.41) is 1.32. The van der Waals surface area contributed by atoms with Gasteiger partial charge in [-0.15, -0.1) is 0 Å². The third-order valence-electron chi connectivity index (χ3n) is 5.56. The number of aryl methyl sites for hydroxylation is 2. The smallest absolute Gasteiger partial charge is 0.419 e. The van der Waals surface area contributed by atoms with Crippen molar-refractivity contribution in [1.29, 1.82) is 0 Å². The molecular weight excluding hydrogens is 481 g/mol. The fraction of sp³-hybridized carbons (Fsp3) is 0.320. The van der Waals surface area contributed by atoms with Crippen LogP contribution in [0.25, 0.3) is 11.5 Å². The number of nitrogens with zero attached hydrogens (tertiary/aromatic N) is 1. The Morgan fingerprint density at radius 1 is 1.11 bits per heavy atom. The van der Waals surface area contributed by atoms with Gasteiger partial charge in [-0.3, -0.25) is 14.9 Å². The van der Waals surface area contributed by atoms with Crippen LogP contribution in [0.15, 0.2) is 52.9 Å². The highest BCUT2D eigenvalue weighted by Gasteiger charge is 2.35. The molecule has 2 heterocycles. The number of aromatic nitrogens is 1. The molecule has 1 aliphatic heterocycles. The van der Waals surface area contributed by atoms with Crippen molar-refractivity contribution >= 4 is 22.9 Å². The molecule has 0 radical (unpaired) electrons. The van der Waals surface area contributed by atoms with Gasteiger partial charge in [0.15, 0.2) is 0 Å². The molecule has 10 heteroatoms. The number of rotatable bonds is 9. The summed E-state index contributed by atoms with van der Waals surface area (Å²) in [6, 6.07) is 13.3. The second kappa shape index (κ2) is 10.6. The molecule has 3 aromatic rings. The molecule has 4 rings (SSSR count). The molecule has 1 unspecified atom stereocenters. The van der Waals surface area contributed by atoms with E-state index in [1.165, 1.54) is 6.07 Å². The minimum atomic E-state index is -4.58. The lowest BCUT2D eigenvalue weighted by molar-refractivity contribution is -0.139. The van der Waals surface area contributed by atoms with Crippen molar-refractivity contribution in [1.82, 2.24) is 10.3 Å². The van der Waals surface area contributed by atoms with Crippen molar-refractivity contribution < 1.29 is 31.9 Å². The zero-order valence-electron chi connectivity index (χ0n) is 18.9. The lowest BCUT2D eigenvalue weighted by Crippen LogP contribution is -2.24. The molecule has 6 nitrogen and oxygen atoms in total. The first-order valence-electron chi connectivity index (χ1n) is 11.1. The molecule has 2 aromatic carbocycles. The van der Waals surface area contributed by atoms with Gasteiger partial charge in [-0.05, 0) is 56.0 Å². The Bertz CT molecular complexity index is 1210. The van der Waals surface area contributed by atoms with E-state index in [1.807, 2.05) is 30.3 Å². The summed E-state index contributed by atoms with van der Waals surface area (Å²) in [7, 11) is 0. The Balaban J connectivity index is 1.37. The number of carbonyl (C=O) groups excluding carboxylic acids is 2. The molecule has 35 heavy (non-hydrogen) atoms. The van der Waals surface area contributed by atoms with Crippen LogP contribution in [0.3, 0.4) is 0 Å². The van der Waals surface area contributed by atoms with Crippen LogP contribution in [0.4, 0.5) is 18.0 Å². The fourth-order valence-electron chi connectivity index (χ4n) is 3.78. The minimum absolute atomic E-state index is 0.00602. The van der Waals surface area contributed by atoms with Gasteiger partial charge in [0.25, 0.3) is 5.24 Å². The normalized spacial score (nSPS) is 15.9. The molecule has 1 fully saturated rings. The van der Waals surface area contributed by atoms with Crippen LogP contribution in [-0.2, 0) is 23.8 Å². The van der Waals surface area contributed by atoms with E-state index in [4.69, 9.17) is 9.15 Å². The number of alkyl halides is 3. The van der Waals surface area contributed by atoms with E-state index in [9.17, 15) is 22.8 Å². The summed E-state index contributed by atoms with van der Waals surface area (Å²) in [6.07, 6.45) is -3.05. The van der Waals surface area contributed by atoms with E-state index in [0.29, 0.717) is 48.6 Å². The van der Waals surface area contributed by atoms with E-state index in [1.54, 1.807) is 13.0 Å². The number of hydrogen-bond donors (Lipinski definition) is 1. The van der Waals surface area contributed by atoms with Gasteiger partial charge in [-0.1, -0.05) is 36.0 Å². The maximum atomic E-state index is 13.7. The number of thioether (sulfide) groups is 1. The minimum Gasteiger partial charge on any atom is -0.493 e. The molecule has 2 amide bonds. The van der Waals surface area contributed by atoms with E-state index in [-0.39, 0.29) is 18.3 Å². The van der Waals surface area contributed by atoms with Gasteiger partial charge < -0.3 is 9.15 Å². The number of benzene rings is 2. The molecule has 1 atom stereocenters.